The summed E-state index contributed by atoms with van der Waals surface area (Å²) in [4.78, 5) is 3.95. The normalized spacial score (nSPS) is 9.94. The molecule has 0 amide bonds. The molecule has 0 spiro atoms. The SMILES string of the molecule is CNC(=S)n1nc(Oc2ccccc2)nc1N. The molecule has 88 valence electrons. The van der Waals surface area contributed by atoms with Gasteiger partial charge in [0.15, 0.2) is 5.11 Å². The summed E-state index contributed by atoms with van der Waals surface area (Å²) in [6.07, 6.45) is 0. The molecule has 1 aromatic heterocycles. The maximum atomic E-state index is 5.65. The molecule has 0 unspecified atom stereocenters. The minimum atomic E-state index is 0.159. The number of nitrogens with one attached hydrogen (secondary N) is 1. The van der Waals surface area contributed by atoms with Gasteiger partial charge in [0.05, 0.1) is 0 Å². The van der Waals surface area contributed by atoms with E-state index in [2.05, 4.69) is 15.4 Å². The average Bonchev–Trinajstić information content (AvgIpc) is 2.70. The maximum absolute atomic E-state index is 5.65. The van der Waals surface area contributed by atoms with Crippen LogP contribution in [0.25, 0.3) is 0 Å². The number of aromatic nitrogens is 3. The molecule has 0 aliphatic carbocycles. The molecule has 2 rings (SSSR count). The van der Waals surface area contributed by atoms with Gasteiger partial charge in [0.1, 0.15) is 5.75 Å². The molecule has 17 heavy (non-hydrogen) atoms. The van der Waals surface area contributed by atoms with Crippen molar-refractivity contribution in [1.29, 1.82) is 0 Å². The highest BCUT2D eigenvalue weighted by atomic mass is 32.1. The average molecular weight is 249 g/mol. The molecular formula is C10H11N5OS. The monoisotopic (exact) mass is 249 g/mol. The topological polar surface area (TPSA) is 78.0 Å². The van der Waals surface area contributed by atoms with Crippen LogP contribution in [0.5, 0.6) is 11.8 Å². The predicted octanol–water partition coefficient (Wildman–Crippen LogP) is 1.00. The maximum Gasteiger partial charge on any atom is 0.343 e. The number of anilines is 1. The number of nitrogen functional groups attached to an aromatic ring is 1. The summed E-state index contributed by atoms with van der Waals surface area (Å²) in [5, 5.41) is 7.15. The Morgan fingerprint density at radius 1 is 1.41 bits per heavy atom. The van der Waals surface area contributed by atoms with E-state index in [1.807, 2.05) is 18.2 Å². The molecule has 6 nitrogen and oxygen atoms in total. The van der Waals surface area contributed by atoms with Crippen molar-refractivity contribution < 1.29 is 4.74 Å². The molecule has 1 aromatic carbocycles. The van der Waals surface area contributed by atoms with Crippen LogP contribution < -0.4 is 15.8 Å². The van der Waals surface area contributed by atoms with Crippen LogP contribution in [0.2, 0.25) is 0 Å². The summed E-state index contributed by atoms with van der Waals surface area (Å²) in [7, 11) is 1.68. The second-order valence-corrected chi connectivity index (χ2v) is 3.52. The fraction of sp³-hybridized carbons (Fsp3) is 0.100. The standard InChI is InChI=1S/C10H11N5OS/c1-12-10(17)15-8(11)13-9(14-15)16-7-5-3-2-4-6-7/h2-6H,1H3,(H,12,17)(H2,11,13,14). The lowest BCUT2D eigenvalue weighted by atomic mass is 10.3. The molecule has 0 radical (unpaired) electrons. The van der Waals surface area contributed by atoms with Gasteiger partial charge in [0.2, 0.25) is 5.95 Å². The number of rotatable bonds is 2. The number of ether oxygens (including phenoxy) is 1. The molecule has 0 aliphatic rings. The third-order valence-corrected chi connectivity index (χ3v) is 2.35. The lowest BCUT2D eigenvalue weighted by Gasteiger charge is -2.01. The second kappa shape index (κ2) is 4.79. The van der Waals surface area contributed by atoms with Crippen LogP contribution in [0.1, 0.15) is 0 Å². The largest absolute Gasteiger partial charge is 0.423 e. The first-order chi connectivity index (χ1) is 8.20. The van der Waals surface area contributed by atoms with Crippen LogP contribution in [-0.4, -0.2) is 26.9 Å². The predicted molar refractivity (Wildman–Crippen MR) is 68.0 cm³/mol. The van der Waals surface area contributed by atoms with Gasteiger partial charge in [0, 0.05) is 7.05 Å². The van der Waals surface area contributed by atoms with Crippen molar-refractivity contribution in [1.82, 2.24) is 20.1 Å². The molecule has 0 bridgehead atoms. The van der Waals surface area contributed by atoms with Gasteiger partial charge < -0.3 is 15.8 Å². The molecule has 0 atom stereocenters. The second-order valence-electron chi connectivity index (χ2n) is 3.13. The van der Waals surface area contributed by atoms with Crippen LogP contribution >= 0.6 is 12.2 Å². The molecule has 0 aliphatic heterocycles. The number of hydrogen-bond acceptors (Lipinski definition) is 5. The lowest BCUT2D eigenvalue weighted by molar-refractivity contribution is 0.442. The van der Waals surface area contributed by atoms with Gasteiger partial charge in [-0.2, -0.15) is 9.67 Å². The van der Waals surface area contributed by atoms with Gasteiger partial charge in [-0.05, 0) is 24.4 Å². The minimum Gasteiger partial charge on any atom is -0.423 e. The molecular weight excluding hydrogens is 238 g/mol. The van der Waals surface area contributed by atoms with E-state index in [0.29, 0.717) is 10.9 Å². The number of para-hydroxylation sites is 1. The number of nitrogens with zero attached hydrogens (tertiary/aromatic N) is 3. The first kappa shape index (κ1) is 11.3. The summed E-state index contributed by atoms with van der Waals surface area (Å²) in [6.45, 7) is 0. The van der Waals surface area contributed by atoms with Crippen LogP contribution in [-0.2, 0) is 0 Å². The van der Waals surface area contributed by atoms with Crippen molar-refractivity contribution in [2.75, 3.05) is 12.8 Å². The van der Waals surface area contributed by atoms with Crippen LogP contribution in [0.3, 0.4) is 0 Å². The first-order valence-corrected chi connectivity index (χ1v) is 5.29. The molecule has 0 saturated carbocycles. The minimum absolute atomic E-state index is 0.159. The van der Waals surface area contributed by atoms with E-state index in [-0.39, 0.29) is 12.0 Å². The van der Waals surface area contributed by atoms with Crippen LogP contribution in [0.4, 0.5) is 5.95 Å². The highest BCUT2D eigenvalue weighted by molar-refractivity contribution is 7.80. The van der Waals surface area contributed by atoms with Crippen LogP contribution in [0, 0.1) is 0 Å². The Morgan fingerprint density at radius 2 is 2.12 bits per heavy atom. The summed E-state index contributed by atoms with van der Waals surface area (Å²) in [6, 6.07) is 9.36. The third kappa shape index (κ3) is 2.51. The van der Waals surface area contributed by atoms with Crippen molar-refractivity contribution in [3.63, 3.8) is 0 Å². The molecule has 7 heteroatoms. The lowest BCUT2D eigenvalue weighted by Crippen LogP contribution is -2.26. The fourth-order valence-corrected chi connectivity index (χ4v) is 1.33. The van der Waals surface area contributed by atoms with E-state index >= 15 is 0 Å². The number of nitrogens with two attached hydrogens (primary N) is 1. The first-order valence-electron chi connectivity index (χ1n) is 4.88. The van der Waals surface area contributed by atoms with Crippen molar-refractivity contribution in [3.8, 4) is 11.8 Å². The quantitative estimate of drug-likeness (QED) is 0.773. The van der Waals surface area contributed by atoms with E-state index in [0.717, 1.165) is 0 Å². The molecule has 3 N–H and O–H groups in total. The smallest absolute Gasteiger partial charge is 0.343 e. The Bertz CT molecular complexity index is 525. The summed E-state index contributed by atoms with van der Waals surface area (Å²) in [5.74, 6) is 0.815. The molecule has 0 saturated heterocycles. The van der Waals surface area contributed by atoms with E-state index < -0.39 is 0 Å². The molecule has 0 fully saturated rings. The van der Waals surface area contributed by atoms with Crippen molar-refractivity contribution in [3.05, 3.63) is 30.3 Å². The van der Waals surface area contributed by atoms with Gasteiger partial charge in [-0.1, -0.05) is 18.2 Å². The number of hydrogen-bond donors (Lipinski definition) is 2. The highest BCUT2D eigenvalue weighted by Crippen LogP contribution is 2.17. The van der Waals surface area contributed by atoms with Gasteiger partial charge in [0.25, 0.3) is 0 Å². The number of benzene rings is 1. The molecule has 2 aromatic rings. The van der Waals surface area contributed by atoms with E-state index in [1.54, 1.807) is 19.2 Å². The number of thiocarbonyl (C=S) groups is 1. The summed E-state index contributed by atoms with van der Waals surface area (Å²) in [5.41, 5.74) is 5.65. The summed E-state index contributed by atoms with van der Waals surface area (Å²) < 4.78 is 6.72. The third-order valence-electron chi connectivity index (χ3n) is 1.97. The Kier molecular flexibility index (Phi) is 3.20. The zero-order valence-corrected chi connectivity index (χ0v) is 9.94. The van der Waals surface area contributed by atoms with Gasteiger partial charge in [-0.25, -0.2) is 0 Å². The van der Waals surface area contributed by atoms with Crippen LogP contribution in [0.15, 0.2) is 30.3 Å². The summed E-state index contributed by atoms with van der Waals surface area (Å²) >= 11 is 5.00. The van der Waals surface area contributed by atoms with Crippen molar-refractivity contribution in [2.24, 2.45) is 0 Å². The Labute approximate surface area is 103 Å². The molecule has 1 heterocycles. The zero-order chi connectivity index (χ0) is 12.3. The Hall–Kier alpha value is -2.15. The van der Waals surface area contributed by atoms with Gasteiger partial charge in [-0.3, -0.25) is 0 Å². The van der Waals surface area contributed by atoms with Crippen molar-refractivity contribution >= 4 is 23.3 Å². The van der Waals surface area contributed by atoms with E-state index in [1.165, 1.54) is 4.68 Å². The highest BCUT2D eigenvalue weighted by Gasteiger charge is 2.11. The van der Waals surface area contributed by atoms with E-state index in [4.69, 9.17) is 22.7 Å². The van der Waals surface area contributed by atoms with E-state index in [9.17, 15) is 0 Å². The Morgan fingerprint density at radius 3 is 2.76 bits per heavy atom. The Balaban J connectivity index is 2.21. The van der Waals surface area contributed by atoms with Gasteiger partial charge in [-0.15, -0.1) is 5.10 Å². The van der Waals surface area contributed by atoms with Crippen molar-refractivity contribution in [2.45, 2.75) is 0 Å². The van der Waals surface area contributed by atoms with Gasteiger partial charge >= 0.3 is 6.01 Å². The zero-order valence-electron chi connectivity index (χ0n) is 9.12. The fourth-order valence-electron chi connectivity index (χ4n) is 1.20.